The lowest BCUT2D eigenvalue weighted by Crippen LogP contribution is -1.97. The van der Waals surface area contributed by atoms with E-state index in [0.29, 0.717) is 5.56 Å². The highest BCUT2D eigenvalue weighted by atomic mass is 14.1. The van der Waals surface area contributed by atoms with E-state index in [1.54, 1.807) is 0 Å². The van der Waals surface area contributed by atoms with Crippen LogP contribution in [0.3, 0.4) is 0 Å². The summed E-state index contributed by atoms with van der Waals surface area (Å²) in [7, 11) is 0. The van der Waals surface area contributed by atoms with Crippen LogP contribution >= 0.6 is 0 Å². The highest BCUT2D eigenvalue weighted by Crippen LogP contribution is 2.29. The highest BCUT2D eigenvalue weighted by Gasteiger charge is 2.09. The van der Waals surface area contributed by atoms with E-state index in [0.717, 1.165) is 22.3 Å². The van der Waals surface area contributed by atoms with E-state index in [2.05, 4.69) is 6.07 Å². The SMILES string of the molecule is [2H]C([2H])([2H])c1cc(-c2ccccc2)cc(C)c1C(C)C. The van der Waals surface area contributed by atoms with Crippen molar-refractivity contribution >= 4 is 0 Å². The summed E-state index contributed by atoms with van der Waals surface area (Å²) in [4.78, 5) is 0. The third-order valence-electron chi connectivity index (χ3n) is 3.07. The summed E-state index contributed by atoms with van der Waals surface area (Å²) in [5.41, 5.74) is 4.50. The predicted molar refractivity (Wildman–Crippen MR) is 75.4 cm³/mol. The van der Waals surface area contributed by atoms with Crippen LogP contribution in [0.1, 0.15) is 40.6 Å². The molecule has 0 spiro atoms. The molecule has 0 aromatic heterocycles. The first-order valence-electron chi connectivity index (χ1n) is 7.51. The van der Waals surface area contributed by atoms with Crippen LogP contribution < -0.4 is 0 Å². The van der Waals surface area contributed by atoms with Crippen molar-refractivity contribution in [3.05, 3.63) is 59.2 Å². The summed E-state index contributed by atoms with van der Waals surface area (Å²) in [5.74, 6) is 0.204. The molecule has 2 aromatic carbocycles. The third-order valence-corrected chi connectivity index (χ3v) is 3.07. The first-order chi connectivity index (χ1) is 9.30. The number of hydrogen-bond donors (Lipinski definition) is 0. The zero-order chi connectivity index (χ0) is 14.9. The van der Waals surface area contributed by atoms with Gasteiger partial charge in [-0.05, 0) is 47.5 Å². The van der Waals surface area contributed by atoms with Crippen LogP contribution in [0.15, 0.2) is 42.5 Å². The molecule has 0 unspecified atom stereocenters. The van der Waals surface area contributed by atoms with E-state index in [1.807, 2.05) is 57.2 Å². The fraction of sp³-hybridized carbons (Fsp3) is 0.294. The van der Waals surface area contributed by atoms with Gasteiger partial charge in [-0.2, -0.15) is 0 Å². The topological polar surface area (TPSA) is 0 Å². The minimum absolute atomic E-state index is 0.204. The van der Waals surface area contributed by atoms with Crippen LogP contribution in [0.25, 0.3) is 11.1 Å². The number of rotatable bonds is 2. The Hall–Kier alpha value is -1.56. The first-order valence-corrected chi connectivity index (χ1v) is 6.01. The van der Waals surface area contributed by atoms with Crippen molar-refractivity contribution in [1.29, 1.82) is 0 Å². The van der Waals surface area contributed by atoms with Crippen LogP contribution in [0.2, 0.25) is 0 Å². The predicted octanol–water partition coefficient (Wildman–Crippen LogP) is 5.09. The minimum Gasteiger partial charge on any atom is -0.0622 e. The Kier molecular flexibility index (Phi) is 2.38. The lowest BCUT2D eigenvalue weighted by atomic mass is 9.90. The molecule has 0 saturated heterocycles. The largest absolute Gasteiger partial charge is 0.0622 e. The molecule has 0 N–H and O–H groups in total. The van der Waals surface area contributed by atoms with Crippen LogP contribution in [0.4, 0.5) is 0 Å². The molecule has 0 heterocycles. The molecule has 0 nitrogen and oxygen atoms in total. The van der Waals surface area contributed by atoms with E-state index < -0.39 is 6.85 Å². The number of hydrogen-bond acceptors (Lipinski definition) is 0. The minimum atomic E-state index is -2.07. The molecule has 0 atom stereocenters. The zero-order valence-electron chi connectivity index (χ0n) is 13.6. The Balaban J connectivity index is 2.68. The summed E-state index contributed by atoms with van der Waals surface area (Å²) >= 11 is 0. The van der Waals surface area contributed by atoms with Gasteiger partial charge in [-0.25, -0.2) is 0 Å². The molecular weight excluding hydrogens is 204 g/mol. The quantitative estimate of drug-likeness (QED) is 0.670. The fourth-order valence-corrected chi connectivity index (χ4v) is 2.36. The number of benzene rings is 2. The van der Waals surface area contributed by atoms with Crippen molar-refractivity contribution in [2.45, 2.75) is 33.5 Å². The standard InChI is InChI=1S/C17H20/c1-12(2)17-13(3)10-16(11-14(17)4)15-8-6-5-7-9-15/h5-12H,1-4H3/i3D3. The van der Waals surface area contributed by atoms with Crippen molar-refractivity contribution in [3.8, 4) is 11.1 Å². The Labute approximate surface area is 109 Å². The summed E-state index contributed by atoms with van der Waals surface area (Å²) in [5, 5.41) is 0. The smallest absolute Gasteiger partial charge is 0.0280 e. The molecule has 0 aliphatic heterocycles. The second-order valence-electron chi connectivity index (χ2n) is 4.78. The summed E-state index contributed by atoms with van der Waals surface area (Å²) in [6.45, 7) is 4.01. The summed E-state index contributed by atoms with van der Waals surface area (Å²) < 4.78 is 23.4. The van der Waals surface area contributed by atoms with E-state index >= 15 is 0 Å². The number of aryl methyl sites for hydroxylation is 2. The van der Waals surface area contributed by atoms with E-state index in [4.69, 9.17) is 4.11 Å². The zero-order valence-corrected chi connectivity index (χ0v) is 10.6. The first kappa shape index (κ1) is 8.52. The van der Waals surface area contributed by atoms with Gasteiger partial charge in [0.25, 0.3) is 0 Å². The van der Waals surface area contributed by atoms with Gasteiger partial charge in [0.1, 0.15) is 0 Å². The molecule has 0 saturated carbocycles. The molecule has 0 heteroatoms. The van der Waals surface area contributed by atoms with Gasteiger partial charge >= 0.3 is 0 Å². The van der Waals surface area contributed by atoms with Crippen LogP contribution in [-0.4, -0.2) is 0 Å². The van der Waals surface area contributed by atoms with Gasteiger partial charge in [-0.15, -0.1) is 0 Å². The Morgan fingerprint density at radius 1 is 0.941 bits per heavy atom. The maximum absolute atomic E-state index is 7.80. The normalized spacial score (nSPS) is 14.2. The lowest BCUT2D eigenvalue weighted by molar-refractivity contribution is 0.846. The molecular formula is C17H20. The Morgan fingerprint density at radius 3 is 2.18 bits per heavy atom. The van der Waals surface area contributed by atoms with Crippen LogP contribution in [0, 0.1) is 13.8 Å². The monoisotopic (exact) mass is 227 g/mol. The van der Waals surface area contributed by atoms with Crippen molar-refractivity contribution in [1.82, 2.24) is 0 Å². The maximum Gasteiger partial charge on any atom is 0.0280 e. The molecule has 2 rings (SSSR count). The van der Waals surface area contributed by atoms with Crippen molar-refractivity contribution < 1.29 is 4.11 Å². The third kappa shape index (κ3) is 2.41. The van der Waals surface area contributed by atoms with E-state index in [1.165, 1.54) is 0 Å². The molecule has 2 aromatic rings. The van der Waals surface area contributed by atoms with Crippen molar-refractivity contribution in [2.75, 3.05) is 0 Å². The Morgan fingerprint density at radius 2 is 1.59 bits per heavy atom. The van der Waals surface area contributed by atoms with Crippen molar-refractivity contribution in [3.63, 3.8) is 0 Å². The van der Waals surface area contributed by atoms with E-state index in [-0.39, 0.29) is 5.92 Å². The van der Waals surface area contributed by atoms with Gasteiger partial charge in [0.2, 0.25) is 0 Å². The second kappa shape index (κ2) is 4.75. The molecule has 0 aliphatic carbocycles. The molecule has 17 heavy (non-hydrogen) atoms. The van der Waals surface area contributed by atoms with Gasteiger partial charge in [-0.3, -0.25) is 0 Å². The maximum atomic E-state index is 7.80. The second-order valence-corrected chi connectivity index (χ2v) is 4.78. The molecule has 0 radical (unpaired) electrons. The average molecular weight is 227 g/mol. The van der Waals surface area contributed by atoms with E-state index in [9.17, 15) is 0 Å². The molecule has 0 aliphatic rings. The summed E-state index contributed by atoms with van der Waals surface area (Å²) in [6.07, 6.45) is 0. The molecule has 88 valence electrons. The average Bonchev–Trinajstić information content (AvgIpc) is 2.37. The summed E-state index contributed by atoms with van der Waals surface area (Å²) in [6, 6.07) is 13.8. The molecule has 0 amide bonds. The van der Waals surface area contributed by atoms with Gasteiger partial charge in [0.15, 0.2) is 0 Å². The fourth-order valence-electron chi connectivity index (χ4n) is 2.36. The Bertz CT molecular complexity index is 596. The van der Waals surface area contributed by atoms with Crippen molar-refractivity contribution in [2.24, 2.45) is 0 Å². The van der Waals surface area contributed by atoms with Gasteiger partial charge in [0.05, 0.1) is 0 Å². The highest BCUT2D eigenvalue weighted by molar-refractivity contribution is 5.66. The molecule has 0 fully saturated rings. The van der Waals surface area contributed by atoms with Gasteiger partial charge in [0, 0.05) is 4.11 Å². The van der Waals surface area contributed by atoms with Gasteiger partial charge < -0.3 is 0 Å². The lowest BCUT2D eigenvalue weighted by Gasteiger charge is -2.15. The van der Waals surface area contributed by atoms with Gasteiger partial charge in [-0.1, -0.05) is 56.3 Å². The van der Waals surface area contributed by atoms with Crippen LogP contribution in [-0.2, 0) is 0 Å². The molecule has 0 bridgehead atoms. The van der Waals surface area contributed by atoms with Crippen LogP contribution in [0.5, 0.6) is 0 Å².